The Morgan fingerprint density at radius 1 is 1.22 bits per heavy atom. The van der Waals surface area contributed by atoms with Gasteiger partial charge in [0.1, 0.15) is 6.61 Å². The maximum Gasteiger partial charge on any atom is 0.338 e. The molecule has 0 aliphatic carbocycles. The van der Waals surface area contributed by atoms with E-state index in [2.05, 4.69) is 13.8 Å². The highest BCUT2D eigenvalue weighted by molar-refractivity contribution is 5.89. The number of hydrogen-bond acceptors (Lipinski definition) is 4. The number of ether oxygens (including phenoxy) is 1. The Labute approximate surface area is 134 Å². The third-order valence-electron chi connectivity index (χ3n) is 3.51. The van der Waals surface area contributed by atoms with E-state index in [9.17, 15) is 14.9 Å². The molecule has 0 N–H and O–H groups in total. The summed E-state index contributed by atoms with van der Waals surface area (Å²) in [6, 6.07) is 9.37. The second-order valence-electron chi connectivity index (χ2n) is 5.82. The van der Waals surface area contributed by atoms with E-state index in [4.69, 9.17) is 4.74 Å². The largest absolute Gasteiger partial charge is 0.460 e. The third kappa shape index (κ3) is 4.67. The summed E-state index contributed by atoms with van der Waals surface area (Å²) >= 11 is 0. The van der Waals surface area contributed by atoms with E-state index in [0.29, 0.717) is 11.5 Å². The number of carbonyl (C=O) groups excluding carboxylic acids is 1. The first-order valence-corrected chi connectivity index (χ1v) is 7.51. The van der Waals surface area contributed by atoms with Gasteiger partial charge in [-0.25, -0.2) is 4.79 Å². The number of rotatable bonds is 7. The minimum absolute atomic E-state index is 0.0495. The molecule has 122 valence electrons. The first kappa shape index (κ1) is 16.7. The molecule has 23 heavy (non-hydrogen) atoms. The molecule has 6 nitrogen and oxygen atoms in total. The van der Waals surface area contributed by atoms with Crippen molar-refractivity contribution in [1.82, 2.24) is 4.57 Å². The summed E-state index contributed by atoms with van der Waals surface area (Å²) in [7, 11) is 0. The van der Waals surface area contributed by atoms with Gasteiger partial charge in [-0.2, -0.15) is 0 Å². The molecule has 1 aromatic carbocycles. The fourth-order valence-electron chi connectivity index (χ4n) is 2.39. The molecule has 6 heteroatoms. The van der Waals surface area contributed by atoms with Crippen LogP contribution in [0.4, 0.5) is 5.69 Å². The van der Waals surface area contributed by atoms with E-state index >= 15 is 0 Å². The molecular formula is C17H20N2O4. The van der Waals surface area contributed by atoms with Gasteiger partial charge in [-0.15, -0.1) is 0 Å². The van der Waals surface area contributed by atoms with Crippen molar-refractivity contribution in [2.24, 2.45) is 5.92 Å². The second kappa shape index (κ2) is 7.58. The molecule has 0 bridgehead atoms. The van der Waals surface area contributed by atoms with Gasteiger partial charge in [0.2, 0.25) is 0 Å². The monoisotopic (exact) mass is 316 g/mol. The lowest BCUT2D eigenvalue weighted by atomic mass is 10.0. The first-order chi connectivity index (χ1) is 11.0. The van der Waals surface area contributed by atoms with Gasteiger partial charge in [-0.05, 0) is 36.6 Å². The van der Waals surface area contributed by atoms with Gasteiger partial charge < -0.3 is 9.30 Å². The summed E-state index contributed by atoms with van der Waals surface area (Å²) in [5.41, 5.74) is 0.262. The van der Waals surface area contributed by atoms with E-state index in [0.717, 1.165) is 6.42 Å². The Kier molecular flexibility index (Phi) is 5.51. The van der Waals surface area contributed by atoms with Crippen molar-refractivity contribution in [3.63, 3.8) is 0 Å². The number of nitro benzene ring substituents is 1. The van der Waals surface area contributed by atoms with Crippen molar-refractivity contribution in [3.05, 3.63) is 64.5 Å². The first-order valence-electron chi connectivity index (χ1n) is 7.51. The van der Waals surface area contributed by atoms with Crippen LogP contribution in [0.25, 0.3) is 0 Å². The fourth-order valence-corrected chi connectivity index (χ4v) is 2.39. The Morgan fingerprint density at radius 2 is 1.83 bits per heavy atom. The summed E-state index contributed by atoms with van der Waals surface area (Å²) in [5.74, 6) is 0.00119. The molecule has 0 radical (unpaired) electrons. The number of non-ortho nitro benzene ring substituents is 1. The average molecular weight is 316 g/mol. The normalized spacial score (nSPS) is 12.1. The predicted molar refractivity (Wildman–Crippen MR) is 86.3 cm³/mol. The van der Waals surface area contributed by atoms with E-state index < -0.39 is 10.9 Å². The van der Waals surface area contributed by atoms with Crippen LogP contribution in [0, 0.1) is 16.0 Å². The molecule has 2 rings (SSSR count). The molecule has 1 atom stereocenters. The highest BCUT2D eigenvalue weighted by Crippen LogP contribution is 2.19. The molecule has 0 saturated heterocycles. The number of nitro groups is 1. The van der Waals surface area contributed by atoms with Gasteiger partial charge in [0, 0.05) is 24.5 Å². The van der Waals surface area contributed by atoms with E-state index in [1.165, 1.54) is 24.3 Å². The van der Waals surface area contributed by atoms with Crippen LogP contribution < -0.4 is 0 Å². The quantitative estimate of drug-likeness (QED) is 0.442. The topological polar surface area (TPSA) is 74.4 Å². The maximum atomic E-state index is 12.1. The SMILES string of the molecule is CC(C)CC(COC(=O)c1ccc([N+](=O)[O-])cc1)n1cccc1. The number of carbonyl (C=O) groups is 1. The van der Waals surface area contributed by atoms with Gasteiger partial charge in [-0.1, -0.05) is 13.8 Å². The van der Waals surface area contributed by atoms with Crippen molar-refractivity contribution < 1.29 is 14.5 Å². The molecule has 0 saturated carbocycles. The van der Waals surface area contributed by atoms with Crippen LogP contribution in [-0.4, -0.2) is 22.1 Å². The molecule has 1 aromatic heterocycles. The average Bonchev–Trinajstić information content (AvgIpc) is 3.05. The predicted octanol–water partition coefficient (Wildman–Crippen LogP) is 3.84. The Balaban J connectivity index is 1.99. The molecule has 0 amide bonds. The lowest BCUT2D eigenvalue weighted by Crippen LogP contribution is -2.19. The lowest BCUT2D eigenvalue weighted by molar-refractivity contribution is -0.384. The zero-order valence-corrected chi connectivity index (χ0v) is 13.2. The van der Waals surface area contributed by atoms with Crippen molar-refractivity contribution in [1.29, 1.82) is 0 Å². The Morgan fingerprint density at radius 3 is 2.35 bits per heavy atom. The van der Waals surface area contributed by atoms with E-state index in [1.54, 1.807) is 0 Å². The van der Waals surface area contributed by atoms with Crippen LogP contribution in [0.15, 0.2) is 48.8 Å². The summed E-state index contributed by atoms with van der Waals surface area (Å²) in [6.07, 6.45) is 4.79. The number of benzene rings is 1. The molecule has 1 unspecified atom stereocenters. The van der Waals surface area contributed by atoms with Gasteiger partial charge in [-0.3, -0.25) is 10.1 Å². The standard InChI is InChI=1S/C17H20N2O4/c1-13(2)11-16(18-9-3-4-10-18)12-23-17(20)14-5-7-15(8-6-14)19(21)22/h3-10,13,16H,11-12H2,1-2H3. The van der Waals surface area contributed by atoms with Crippen LogP contribution in [0.2, 0.25) is 0 Å². The number of esters is 1. The minimum atomic E-state index is -0.500. The zero-order chi connectivity index (χ0) is 16.8. The number of nitrogens with zero attached hydrogens (tertiary/aromatic N) is 2. The molecule has 0 aliphatic rings. The van der Waals surface area contributed by atoms with Crippen LogP contribution in [0.1, 0.15) is 36.7 Å². The van der Waals surface area contributed by atoms with Gasteiger partial charge in [0.25, 0.3) is 5.69 Å². The van der Waals surface area contributed by atoms with Crippen molar-refractivity contribution in [2.45, 2.75) is 26.3 Å². The molecule has 1 heterocycles. The van der Waals surface area contributed by atoms with Crippen LogP contribution in [0.3, 0.4) is 0 Å². The van der Waals surface area contributed by atoms with Crippen molar-refractivity contribution in [3.8, 4) is 0 Å². The second-order valence-corrected chi connectivity index (χ2v) is 5.82. The fraction of sp³-hybridized carbons (Fsp3) is 0.353. The van der Waals surface area contributed by atoms with E-state index in [-0.39, 0.29) is 18.3 Å². The number of hydrogen-bond donors (Lipinski definition) is 0. The summed E-state index contributed by atoms with van der Waals surface area (Å²) < 4.78 is 7.42. The third-order valence-corrected chi connectivity index (χ3v) is 3.51. The van der Waals surface area contributed by atoms with Crippen molar-refractivity contribution >= 4 is 11.7 Å². The zero-order valence-electron chi connectivity index (χ0n) is 13.2. The van der Waals surface area contributed by atoms with Gasteiger partial charge >= 0.3 is 5.97 Å². The summed E-state index contributed by atoms with van der Waals surface area (Å²) in [6.45, 7) is 4.51. The van der Waals surface area contributed by atoms with Crippen LogP contribution >= 0.6 is 0 Å². The Bertz CT molecular complexity index is 648. The minimum Gasteiger partial charge on any atom is -0.460 e. The smallest absolute Gasteiger partial charge is 0.338 e. The molecule has 0 aliphatic heterocycles. The molecule has 0 spiro atoms. The maximum absolute atomic E-state index is 12.1. The molecule has 0 fully saturated rings. The van der Waals surface area contributed by atoms with Crippen molar-refractivity contribution in [2.75, 3.05) is 6.61 Å². The highest BCUT2D eigenvalue weighted by atomic mass is 16.6. The Hall–Kier alpha value is -2.63. The molecular weight excluding hydrogens is 296 g/mol. The number of aromatic nitrogens is 1. The van der Waals surface area contributed by atoms with Crippen LogP contribution in [-0.2, 0) is 4.74 Å². The molecule has 2 aromatic rings. The van der Waals surface area contributed by atoms with Gasteiger partial charge in [0.15, 0.2) is 0 Å². The summed E-state index contributed by atoms with van der Waals surface area (Å²) in [5, 5.41) is 10.6. The lowest BCUT2D eigenvalue weighted by Gasteiger charge is -2.20. The summed E-state index contributed by atoms with van der Waals surface area (Å²) in [4.78, 5) is 22.2. The van der Waals surface area contributed by atoms with Gasteiger partial charge in [0.05, 0.1) is 16.5 Å². The van der Waals surface area contributed by atoms with E-state index in [1.807, 2.05) is 29.1 Å². The highest BCUT2D eigenvalue weighted by Gasteiger charge is 2.16. The van der Waals surface area contributed by atoms with Crippen LogP contribution in [0.5, 0.6) is 0 Å².